The van der Waals surface area contributed by atoms with Crippen molar-refractivity contribution < 1.29 is 0 Å². The van der Waals surface area contributed by atoms with Gasteiger partial charge < -0.3 is 5.32 Å². The van der Waals surface area contributed by atoms with Gasteiger partial charge in [0.1, 0.15) is 0 Å². The molecule has 2 unspecified atom stereocenters. The van der Waals surface area contributed by atoms with Crippen LogP contribution in [0, 0.1) is 11.8 Å². The molecular formula is C12H25N. The lowest BCUT2D eigenvalue weighted by Gasteiger charge is -2.17. The van der Waals surface area contributed by atoms with Gasteiger partial charge in [0.2, 0.25) is 0 Å². The molecule has 1 rings (SSSR count). The number of rotatable bonds is 5. The maximum atomic E-state index is 3.69. The Morgan fingerprint density at radius 1 is 1.31 bits per heavy atom. The van der Waals surface area contributed by atoms with Gasteiger partial charge in [-0.3, -0.25) is 0 Å². The van der Waals surface area contributed by atoms with E-state index in [-0.39, 0.29) is 0 Å². The summed E-state index contributed by atoms with van der Waals surface area (Å²) in [5.74, 6) is 1.78. The Morgan fingerprint density at radius 2 is 2.08 bits per heavy atom. The highest BCUT2D eigenvalue weighted by Gasteiger charge is 2.21. The van der Waals surface area contributed by atoms with Crippen molar-refractivity contribution in [1.29, 1.82) is 0 Å². The van der Waals surface area contributed by atoms with Crippen molar-refractivity contribution in [2.45, 2.75) is 58.9 Å². The third-order valence-electron chi connectivity index (χ3n) is 3.23. The normalized spacial score (nSPS) is 28.6. The summed E-state index contributed by atoms with van der Waals surface area (Å²) in [5.41, 5.74) is 0. The third kappa shape index (κ3) is 4.12. The summed E-state index contributed by atoms with van der Waals surface area (Å²) in [5, 5.41) is 3.69. The highest BCUT2D eigenvalue weighted by atomic mass is 14.9. The van der Waals surface area contributed by atoms with Crippen LogP contribution in [0.15, 0.2) is 0 Å². The van der Waals surface area contributed by atoms with Gasteiger partial charge in [-0.15, -0.1) is 0 Å². The van der Waals surface area contributed by atoms with E-state index in [0.29, 0.717) is 0 Å². The molecule has 1 aliphatic carbocycles. The lowest BCUT2D eigenvalue weighted by atomic mass is 10.1. The predicted molar refractivity (Wildman–Crippen MR) is 58.9 cm³/mol. The van der Waals surface area contributed by atoms with Crippen LogP contribution >= 0.6 is 0 Å². The fourth-order valence-electron chi connectivity index (χ4n) is 2.25. The monoisotopic (exact) mass is 183 g/mol. The van der Waals surface area contributed by atoms with Crippen molar-refractivity contribution in [3.63, 3.8) is 0 Å². The molecule has 0 aromatic rings. The molecule has 0 spiro atoms. The van der Waals surface area contributed by atoms with Gasteiger partial charge in [0.05, 0.1) is 0 Å². The Bertz CT molecular complexity index is 131. The Hall–Kier alpha value is -0.0400. The highest BCUT2D eigenvalue weighted by Crippen LogP contribution is 2.24. The molecule has 0 amide bonds. The zero-order valence-corrected chi connectivity index (χ0v) is 9.47. The zero-order chi connectivity index (χ0) is 9.68. The van der Waals surface area contributed by atoms with Crippen LogP contribution in [0.4, 0.5) is 0 Å². The average Bonchev–Trinajstić information content (AvgIpc) is 2.45. The first-order valence-corrected chi connectivity index (χ1v) is 5.93. The molecule has 1 aliphatic rings. The summed E-state index contributed by atoms with van der Waals surface area (Å²) >= 11 is 0. The first-order chi connectivity index (χ1) is 6.20. The molecule has 1 fully saturated rings. The first-order valence-electron chi connectivity index (χ1n) is 5.93. The van der Waals surface area contributed by atoms with E-state index in [4.69, 9.17) is 0 Å². The molecule has 1 N–H and O–H groups in total. The summed E-state index contributed by atoms with van der Waals surface area (Å²) in [6, 6.07) is 0.826. The van der Waals surface area contributed by atoms with Crippen LogP contribution in [0.1, 0.15) is 52.9 Å². The quantitative estimate of drug-likeness (QED) is 0.645. The first kappa shape index (κ1) is 11.0. The minimum atomic E-state index is 0.826. The van der Waals surface area contributed by atoms with Crippen LogP contribution in [0.5, 0.6) is 0 Å². The minimum Gasteiger partial charge on any atom is -0.314 e. The van der Waals surface area contributed by atoms with E-state index in [1.54, 1.807) is 0 Å². The summed E-state index contributed by atoms with van der Waals surface area (Å²) < 4.78 is 0. The van der Waals surface area contributed by atoms with Crippen LogP contribution < -0.4 is 5.32 Å². The summed E-state index contributed by atoms with van der Waals surface area (Å²) in [6.07, 6.45) is 6.99. The van der Waals surface area contributed by atoms with Gasteiger partial charge in [0, 0.05) is 6.04 Å². The van der Waals surface area contributed by atoms with E-state index in [9.17, 15) is 0 Å². The molecule has 0 heterocycles. The fraction of sp³-hybridized carbons (Fsp3) is 1.00. The van der Waals surface area contributed by atoms with Gasteiger partial charge in [-0.1, -0.05) is 27.2 Å². The Balaban J connectivity index is 1.99. The standard InChI is InChI=1S/C12H25N/c1-10(2)6-5-9-13-12-8-4-7-11(12)3/h10-13H,4-9H2,1-3H3. The lowest BCUT2D eigenvalue weighted by molar-refractivity contribution is 0.412. The molecule has 1 saturated carbocycles. The third-order valence-corrected chi connectivity index (χ3v) is 3.23. The zero-order valence-electron chi connectivity index (χ0n) is 9.47. The molecule has 1 heteroatoms. The molecule has 13 heavy (non-hydrogen) atoms. The average molecular weight is 183 g/mol. The Kier molecular flexibility index (Phi) is 4.79. The fourth-order valence-corrected chi connectivity index (χ4v) is 2.25. The second kappa shape index (κ2) is 5.64. The molecule has 0 aromatic carbocycles. The lowest BCUT2D eigenvalue weighted by Crippen LogP contribution is -2.31. The van der Waals surface area contributed by atoms with Crippen LogP contribution in [-0.2, 0) is 0 Å². The van der Waals surface area contributed by atoms with Crippen molar-refractivity contribution in [2.75, 3.05) is 6.54 Å². The maximum Gasteiger partial charge on any atom is 0.00926 e. The summed E-state index contributed by atoms with van der Waals surface area (Å²) in [4.78, 5) is 0. The minimum absolute atomic E-state index is 0.826. The van der Waals surface area contributed by atoms with Gasteiger partial charge in [-0.2, -0.15) is 0 Å². The van der Waals surface area contributed by atoms with E-state index in [1.165, 1.54) is 38.6 Å². The maximum absolute atomic E-state index is 3.69. The summed E-state index contributed by atoms with van der Waals surface area (Å²) in [7, 11) is 0. The van der Waals surface area contributed by atoms with E-state index >= 15 is 0 Å². The highest BCUT2D eigenvalue weighted by molar-refractivity contribution is 4.79. The van der Waals surface area contributed by atoms with Gasteiger partial charge in [-0.05, 0) is 44.1 Å². The van der Waals surface area contributed by atoms with E-state index in [1.807, 2.05) is 0 Å². The molecule has 1 nitrogen and oxygen atoms in total. The SMILES string of the molecule is CC(C)CCCNC1CCCC1C. The predicted octanol–water partition coefficient (Wildman–Crippen LogP) is 3.20. The molecule has 0 aliphatic heterocycles. The molecule has 0 bridgehead atoms. The van der Waals surface area contributed by atoms with Gasteiger partial charge >= 0.3 is 0 Å². The van der Waals surface area contributed by atoms with Gasteiger partial charge in [0.25, 0.3) is 0 Å². The second-order valence-electron chi connectivity index (χ2n) is 5.00. The van der Waals surface area contributed by atoms with Crippen LogP contribution in [0.2, 0.25) is 0 Å². The summed E-state index contributed by atoms with van der Waals surface area (Å²) in [6.45, 7) is 8.22. The topological polar surface area (TPSA) is 12.0 Å². The Labute approximate surface area is 83.3 Å². The Morgan fingerprint density at radius 3 is 2.62 bits per heavy atom. The van der Waals surface area contributed by atoms with Crippen molar-refractivity contribution in [1.82, 2.24) is 5.32 Å². The molecule has 2 atom stereocenters. The van der Waals surface area contributed by atoms with Gasteiger partial charge in [-0.25, -0.2) is 0 Å². The van der Waals surface area contributed by atoms with E-state index in [0.717, 1.165) is 17.9 Å². The van der Waals surface area contributed by atoms with Gasteiger partial charge in [0.15, 0.2) is 0 Å². The van der Waals surface area contributed by atoms with Crippen molar-refractivity contribution in [3.05, 3.63) is 0 Å². The molecule has 78 valence electrons. The molecule has 0 saturated heterocycles. The van der Waals surface area contributed by atoms with Crippen LogP contribution in [0.3, 0.4) is 0 Å². The van der Waals surface area contributed by atoms with Crippen LogP contribution in [-0.4, -0.2) is 12.6 Å². The van der Waals surface area contributed by atoms with Crippen molar-refractivity contribution in [2.24, 2.45) is 11.8 Å². The van der Waals surface area contributed by atoms with Crippen molar-refractivity contribution in [3.8, 4) is 0 Å². The van der Waals surface area contributed by atoms with E-state index in [2.05, 4.69) is 26.1 Å². The smallest absolute Gasteiger partial charge is 0.00926 e. The second-order valence-corrected chi connectivity index (χ2v) is 5.00. The number of hydrogen-bond acceptors (Lipinski definition) is 1. The molecule has 0 radical (unpaired) electrons. The molecular weight excluding hydrogens is 158 g/mol. The van der Waals surface area contributed by atoms with E-state index < -0.39 is 0 Å². The molecule has 0 aromatic heterocycles. The number of nitrogens with one attached hydrogen (secondary N) is 1. The number of hydrogen-bond donors (Lipinski definition) is 1. The van der Waals surface area contributed by atoms with Crippen LogP contribution in [0.25, 0.3) is 0 Å². The van der Waals surface area contributed by atoms with Crippen molar-refractivity contribution >= 4 is 0 Å². The largest absolute Gasteiger partial charge is 0.314 e.